The van der Waals surface area contributed by atoms with Gasteiger partial charge in [0.25, 0.3) is 0 Å². The van der Waals surface area contributed by atoms with Crippen LogP contribution in [0.5, 0.6) is 5.75 Å². The van der Waals surface area contributed by atoms with Gasteiger partial charge in [0, 0.05) is 16.6 Å². The number of benzene rings is 1. The summed E-state index contributed by atoms with van der Waals surface area (Å²) in [6, 6.07) is 8.01. The average Bonchev–Trinajstić information content (AvgIpc) is 2.39. The largest absolute Gasteiger partial charge is 0.487 e. The van der Waals surface area contributed by atoms with Crippen LogP contribution in [0.15, 0.2) is 30.3 Å². The van der Waals surface area contributed by atoms with E-state index in [4.69, 9.17) is 16.3 Å². The Labute approximate surface area is 124 Å². The van der Waals surface area contributed by atoms with E-state index in [1.807, 2.05) is 19.1 Å². The fourth-order valence-electron chi connectivity index (χ4n) is 1.62. The first kappa shape index (κ1) is 14.3. The maximum absolute atomic E-state index is 12.9. The molecule has 1 aromatic heterocycles. The Hall–Kier alpha value is -1.13. The Morgan fingerprint density at radius 1 is 1.32 bits per heavy atom. The number of rotatable bonds is 4. The van der Waals surface area contributed by atoms with Gasteiger partial charge >= 0.3 is 0 Å². The van der Waals surface area contributed by atoms with E-state index < -0.39 is 0 Å². The van der Waals surface area contributed by atoms with E-state index in [9.17, 15) is 4.39 Å². The van der Waals surface area contributed by atoms with Crippen molar-refractivity contribution in [3.05, 3.63) is 58.1 Å². The van der Waals surface area contributed by atoms with Crippen LogP contribution in [-0.2, 0) is 11.9 Å². The first-order chi connectivity index (χ1) is 9.10. The van der Waals surface area contributed by atoms with Crippen LogP contribution in [-0.4, -0.2) is 4.98 Å². The highest BCUT2D eigenvalue weighted by Gasteiger charge is 2.07. The summed E-state index contributed by atoms with van der Waals surface area (Å²) < 4.78 is 18.6. The number of hydrogen-bond donors (Lipinski definition) is 0. The molecule has 0 unspecified atom stereocenters. The molecule has 0 fully saturated rings. The third kappa shape index (κ3) is 3.67. The number of ether oxygens (including phenoxy) is 1. The van der Waals surface area contributed by atoms with Crippen molar-refractivity contribution in [1.82, 2.24) is 4.98 Å². The van der Waals surface area contributed by atoms with Gasteiger partial charge < -0.3 is 4.74 Å². The van der Waals surface area contributed by atoms with Crippen LogP contribution in [0, 0.1) is 12.7 Å². The van der Waals surface area contributed by atoms with Crippen LogP contribution in [0.25, 0.3) is 0 Å². The zero-order valence-electron chi connectivity index (χ0n) is 10.3. The average molecular weight is 345 g/mol. The normalized spacial score (nSPS) is 10.5. The van der Waals surface area contributed by atoms with E-state index in [1.54, 1.807) is 6.07 Å². The van der Waals surface area contributed by atoms with E-state index in [1.165, 1.54) is 12.1 Å². The minimum absolute atomic E-state index is 0.282. The molecule has 2 nitrogen and oxygen atoms in total. The van der Waals surface area contributed by atoms with Crippen molar-refractivity contribution in [1.29, 1.82) is 0 Å². The predicted octanol–water partition coefficient (Wildman–Crippen LogP) is 4.66. The molecule has 0 N–H and O–H groups in total. The molecule has 0 aliphatic rings. The molecule has 2 rings (SSSR count). The SMILES string of the molecule is Cc1ccc(OCc2ccc(F)cc2Cl)c(CBr)n1. The van der Waals surface area contributed by atoms with Crippen LogP contribution >= 0.6 is 27.5 Å². The summed E-state index contributed by atoms with van der Waals surface area (Å²) in [6.45, 7) is 2.20. The highest BCUT2D eigenvalue weighted by atomic mass is 79.9. The van der Waals surface area contributed by atoms with Crippen LogP contribution in [0.3, 0.4) is 0 Å². The lowest BCUT2D eigenvalue weighted by molar-refractivity contribution is 0.302. The van der Waals surface area contributed by atoms with Crippen LogP contribution < -0.4 is 4.74 Å². The van der Waals surface area contributed by atoms with Crippen molar-refractivity contribution in [3.8, 4) is 5.75 Å². The van der Waals surface area contributed by atoms with Gasteiger partial charge in [0.2, 0.25) is 0 Å². The van der Waals surface area contributed by atoms with Gasteiger partial charge in [0.1, 0.15) is 18.2 Å². The second-order valence-corrected chi connectivity index (χ2v) is 5.02. The van der Waals surface area contributed by atoms with Crippen LogP contribution in [0.4, 0.5) is 4.39 Å². The molecule has 0 radical (unpaired) electrons. The minimum Gasteiger partial charge on any atom is -0.487 e. The van der Waals surface area contributed by atoms with Crippen LogP contribution in [0.1, 0.15) is 17.0 Å². The van der Waals surface area contributed by atoms with Crippen molar-refractivity contribution in [3.63, 3.8) is 0 Å². The number of alkyl halides is 1. The van der Waals surface area contributed by atoms with Gasteiger partial charge in [-0.05, 0) is 31.2 Å². The van der Waals surface area contributed by atoms with Crippen molar-refractivity contribution in [2.24, 2.45) is 0 Å². The molecule has 100 valence electrons. The summed E-state index contributed by atoms with van der Waals surface area (Å²) in [5, 5.41) is 0.974. The maximum Gasteiger partial charge on any atom is 0.142 e. The molecule has 0 amide bonds. The summed E-state index contributed by atoms with van der Waals surface area (Å²) >= 11 is 9.32. The monoisotopic (exact) mass is 343 g/mol. The molecule has 0 aliphatic carbocycles. The van der Waals surface area contributed by atoms with Gasteiger partial charge in [-0.2, -0.15) is 0 Å². The molecule has 0 bridgehead atoms. The first-order valence-corrected chi connectivity index (χ1v) is 7.19. The smallest absolute Gasteiger partial charge is 0.142 e. The van der Waals surface area contributed by atoms with Gasteiger partial charge in [0.05, 0.1) is 10.7 Å². The van der Waals surface area contributed by atoms with Gasteiger partial charge in [0.15, 0.2) is 0 Å². The van der Waals surface area contributed by atoms with Crippen LogP contribution in [0.2, 0.25) is 5.02 Å². The van der Waals surface area contributed by atoms with Crippen molar-refractivity contribution in [2.75, 3.05) is 0 Å². The van der Waals surface area contributed by atoms with E-state index in [-0.39, 0.29) is 12.4 Å². The standard InChI is InChI=1S/C14H12BrClFNO/c1-9-2-5-14(13(7-15)18-9)19-8-10-3-4-11(17)6-12(10)16/h2-6H,7-8H2,1H3. The van der Waals surface area contributed by atoms with Gasteiger partial charge in [-0.15, -0.1) is 0 Å². The summed E-state index contributed by atoms with van der Waals surface area (Å²) in [7, 11) is 0. The van der Waals surface area contributed by atoms with Gasteiger partial charge in [-0.1, -0.05) is 33.6 Å². The van der Waals surface area contributed by atoms with Crippen molar-refractivity contribution >= 4 is 27.5 Å². The number of pyridine rings is 1. The Balaban J connectivity index is 2.14. The third-order valence-electron chi connectivity index (χ3n) is 2.60. The van der Waals surface area contributed by atoms with E-state index in [0.29, 0.717) is 16.1 Å². The number of halogens is 3. The Morgan fingerprint density at radius 3 is 2.79 bits per heavy atom. The molecule has 0 saturated heterocycles. The predicted molar refractivity (Wildman–Crippen MR) is 77.3 cm³/mol. The fourth-order valence-corrected chi connectivity index (χ4v) is 2.24. The molecule has 1 aromatic carbocycles. The molecule has 19 heavy (non-hydrogen) atoms. The summed E-state index contributed by atoms with van der Waals surface area (Å²) in [5.74, 6) is 0.342. The van der Waals surface area contributed by atoms with E-state index >= 15 is 0 Å². The first-order valence-electron chi connectivity index (χ1n) is 5.69. The number of nitrogens with zero attached hydrogens (tertiary/aromatic N) is 1. The summed E-state index contributed by atoms with van der Waals surface area (Å²) in [4.78, 5) is 4.38. The molecular formula is C14H12BrClFNO. The van der Waals surface area contributed by atoms with Gasteiger partial charge in [-0.3, -0.25) is 4.98 Å². The van der Waals surface area contributed by atoms with E-state index in [0.717, 1.165) is 17.0 Å². The molecule has 0 saturated carbocycles. The molecule has 0 aliphatic heterocycles. The summed E-state index contributed by atoms with van der Waals surface area (Å²) in [6.07, 6.45) is 0. The van der Waals surface area contributed by atoms with Crippen molar-refractivity contribution in [2.45, 2.75) is 18.9 Å². The quantitative estimate of drug-likeness (QED) is 0.753. The number of aryl methyl sites for hydroxylation is 1. The maximum atomic E-state index is 12.9. The molecular weight excluding hydrogens is 333 g/mol. The second kappa shape index (κ2) is 6.35. The minimum atomic E-state index is -0.355. The molecule has 1 heterocycles. The fraction of sp³-hybridized carbons (Fsp3) is 0.214. The molecule has 0 spiro atoms. The molecule has 0 atom stereocenters. The number of hydrogen-bond acceptors (Lipinski definition) is 2. The Kier molecular flexibility index (Phi) is 4.77. The lowest BCUT2D eigenvalue weighted by Crippen LogP contribution is -2.01. The topological polar surface area (TPSA) is 22.1 Å². The molecule has 5 heteroatoms. The van der Waals surface area contributed by atoms with Gasteiger partial charge in [-0.25, -0.2) is 4.39 Å². The third-order valence-corrected chi connectivity index (χ3v) is 3.48. The zero-order chi connectivity index (χ0) is 13.8. The zero-order valence-corrected chi connectivity index (χ0v) is 12.6. The van der Waals surface area contributed by atoms with E-state index in [2.05, 4.69) is 20.9 Å². The highest BCUT2D eigenvalue weighted by Crippen LogP contribution is 2.23. The second-order valence-electron chi connectivity index (χ2n) is 4.06. The molecule has 2 aromatic rings. The summed E-state index contributed by atoms with van der Waals surface area (Å²) in [5.41, 5.74) is 2.50. The number of aromatic nitrogens is 1. The highest BCUT2D eigenvalue weighted by molar-refractivity contribution is 9.08. The lowest BCUT2D eigenvalue weighted by atomic mass is 10.2. The Morgan fingerprint density at radius 2 is 2.11 bits per heavy atom. The van der Waals surface area contributed by atoms with Crippen molar-refractivity contribution < 1.29 is 9.13 Å². The Bertz CT molecular complexity index is 592. The lowest BCUT2D eigenvalue weighted by Gasteiger charge is -2.11.